The standard InChI is InChI=1S/C20H16F2N2O4/c1-27-14-3-5-17(16(22)10-14)28-18-8-12(11-21)2-4-15(18)20(26)24-13-6-7-23-19(25)9-13/h2-10H,11H2,1H3,(H2,23,24,25,26). The molecule has 0 bridgehead atoms. The van der Waals surface area contributed by atoms with Crippen molar-refractivity contribution in [2.24, 2.45) is 0 Å². The van der Waals surface area contributed by atoms with Crippen LogP contribution >= 0.6 is 0 Å². The maximum absolute atomic E-state index is 14.2. The maximum Gasteiger partial charge on any atom is 0.259 e. The first kappa shape index (κ1) is 19.1. The number of benzene rings is 2. The molecule has 28 heavy (non-hydrogen) atoms. The molecular weight excluding hydrogens is 370 g/mol. The Balaban J connectivity index is 1.93. The minimum absolute atomic E-state index is 0.0263. The van der Waals surface area contributed by atoms with E-state index < -0.39 is 18.4 Å². The third-order valence-electron chi connectivity index (χ3n) is 3.84. The number of pyridine rings is 1. The lowest BCUT2D eigenvalue weighted by atomic mass is 10.1. The average Bonchev–Trinajstić information content (AvgIpc) is 2.69. The highest BCUT2D eigenvalue weighted by Gasteiger charge is 2.17. The summed E-state index contributed by atoms with van der Waals surface area (Å²) in [5.74, 6) is -1.18. The molecule has 144 valence electrons. The predicted octanol–water partition coefficient (Wildman–Crippen LogP) is 4.04. The van der Waals surface area contributed by atoms with Crippen molar-refractivity contribution in [3.63, 3.8) is 0 Å². The number of H-pyrrole nitrogens is 1. The van der Waals surface area contributed by atoms with Crippen LogP contribution in [0.1, 0.15) is 15.9 Å². The van der Waals surface area contributed by atoms with Crippen molar-refractivity contribution in [3.05, 3.63) is 82.0 Å². The van der Waals surface area contributed by atoms with Crippen molar-refractivity contribution in [2.45, 2.75) is 6.67 Å². The van der Waals surface area contributed by atoms with Crippen LogP contribution in [0.3, 0.4) is 0 Å². The number of amides is 1. The summed E-state index contributed by atoms with van der Waals surface area (Å²) in [4.78, 5) is 26.4. The number of nitrogens with one attached hydrogen (secondary N) is 2. The molecule has 1 aromatic heterocycles. The Hall–Kier alpha value is -3.68. The van der Waals surface area contributed by atoms with Gasteiger partial charge < -0.3 is 19.8 Å². The van der Waals surface area contributed by atoms with Crippen molar-refractivity contribution in [1.82, 2.24) is 4.98 Å². The zero-order chi connectivity index (χ0) is 20.1. The zero-order valence-electron chi connectivity index (χ0n) is 14.8. The molecule has 0 aliphatic heterocycles. The molecule has 0 saturated heterocycles. The Kier molecular flexibility index (Phi) is 5.69. The summed E-state index contributed by atoms with van der Waals surface area (Å²) in [5.41, 5.74) is 0.191. The van der Waals surface area contributed by atoms with E-state index >= 15 is 0 Å². The van der Waals surface area contributed by atoms with Crippen LogP contribution in [0.5, 0.6) is 17.2 Å². The number of anilines is 1. The minimum Gasteiger partial charge on any atom is -0.497 e. The number of hydrogen-bond acceptors (Lipinski definition) is 4. The van der Waals surface area contributed by atoms with Crippen LogP contribution in [0.4, 0.5) is 14.5 Å². The number of hydrogen-bond donors (Lipinski definition) is 2. The molecule has 6 nitrogen and oxygen atoms in total. The third kappa shape index (κ3) is 4.35. The minimum atomic E-state index is -0.780. The van der Waals surface area contributed by atoms with Crippen LogP contribution < -0.4 is 20.3 Å². The van der Waals surface area contributed by atoms with Crippen LogP contribution in [0.2, 0.25) is 0 Å². The summed E-state index contributed by atoms with van der Waals surface area (Å²) in [6.45, 7) is -0.780. The van der Waals surface area contributed by atoms with Gasteiger partial charge >= 0.3 is 0 Å². The highest BCUT2D eigenvalue weighted by molar-refractivity contribution is 6.06. The fourth-order valence-corrected chi connectivity index (χ4v) is 2.45. The maximum atomic E-state index is 14.2. The van der Waals surface area contributed by atoms with Gasteiger partial charge in [0.05, 0.1) is 12.7 Å². The highest BCUT2D eigenvalue weighted by Crippen LogP contribution is 2.31. The summed E-state index contributed by atoms with van der Waals surface area (Å²) in [6.07, 6.45) is 1.38. The number of aromatic amines is 1. The second-order valence-electron chi connectivity index (χ2n) is 5.76. The predicted molar refractivity (Wildman–Crippen MR) is 99.3 cm³/mol. The molecule has 1 amide bonds. The van der Waals surface area contributed by atoms with Crippen LogP contribution in [-0.4, -0.2) is 18.0 Å². The molecule has 3 aromatic rings. The number of methoxy groups -OCH3 is 1. The Labute approximate surface area is 158 Å². The van der Waals surface area contributed by atoms with Gasteiger partial charge in [-0.3, -0.25) is 9.59 Å². The Morgan fingerprint density at radius 1 is 1.11 bits per heavy atom. The van der Waals surface area contributed by atoms with Gasteiger partial charge in [0, 0.05) is 24.0 Å². The first-order chi connectivity index (χ1) is 13.5. The normalized spacial score (nSPS) is 10.4. The van der Waals surface area contributed by atoms with Crippen molar-refractivity contribution >= 4 is 11.6 Å². The van der Waals surface area contributed by atoms with Crippen molar-refractivity contribution in [2.75, 3.05) is 12.4 Å². The molecule has 3 rings (SSSR count). The van der Waals surface area contributed by atoms with Crippen molar-refractivity contribution in [1.29, 1.82) is 0 Å². The van der Waals surface area contributed by atoms with E-state index in [9.17, 15) is 18.4 Å². The molecule has 8 heteroatoms. The van der Waals surface area contributed by atoms with E-state index in [2.05, 4.69) is 10.3 Å². The lowest BCUT2D eigenvalue weighted by Crippen LogP contribution is -2.15. The third-order valence-corrected chi connectivity index (χ3v) is 3.84. The van der Waals surface area contributed by atoms with E-state index in [1.165, 1.54) is 55.8 Å². The summed E-state index contributed by atoms with van der Waals surface area (Å²) >= 11 is 0. The van der Waals surface area contributed by atoms with E-state index in [4.69, 9.17) is 9.47 Å². The van der Waals surface area contributed by atoms with Crippen LogP contribution in [-0.2, 0) is 6.67 Å². The smallest absolute Gasteiger partial charge is 0.259 e. The number of rotatable bonds is 6. The Morgan fingerprint density at radius 3 is 2.61 bits per heavy atom. The Morgan fingerprint density at radius 2 is 1.93 bits per heavy atom. The number of aromatic nitrogens is 1. The number of halogens is 2. The van der Waals surface area contributed by atoms with Crippen LogP contribution in [0.25, 0.3) is 0 Å². The van der Waals surface area contributed by atoms with E-state index in [0.29, 0.717) is 5.75 Å². The molecule has 0 fully saturated rings. The van der Waals surface area contributed by atoms with E-state index in [1.807, 2.05) is 0 Å². The van der Waals surface area contributed by atoms with Crippen LogP contribution in [0.15, 0.2) is 59.5 Å². The number of alkyl halides is 1. The van der Waals surface area contributed by atoms with Gasteiger partial charge in [0.2, 0.25) is 5.56 Å². The highest BCUT2D eigenvalue weighted by atomic mass is 19.1. The molecule has 0 aliphatic carbocycles. The number of ether oxygens (including phenoxy) is 2. The monoisotopic (exact) mass is 386 g/mol. The average molecular weight is 386 g/mol. The second kappa shape index (κ2) is 8.34. The molecule has 0 saturated carbocycles. The largest absolute Gasteiger partial charge is 0.497 e. The summed E-state index contributed by atoms with van der Waals surface area (Å²) < 4.78 is 37.7. The first-order valence-corrected chi connectivity index (χ1v) is 8.20. The van der Waals surface area contributed by atoms with Gasteiger partial charge in [-0.05, 0) is 35.9 Å². The molecule has 0 spiro atoms. The fourth-order valence-electron chi connectivity index (χ4n) is 2.45. The molecule has 1 heterocycles. The van der Waals surface area contributed by atoms with E-state index in [-0.39, 0.29) is 33.9 Å². The number of carbonyl (C=O) groups excluding carboxylic acids is 1. The molecule has 0 radical (unpaired) electrons. The van der Waals surface area contributed by atoms with Gasteiger partial charge in [-0.25, -0.2) is 8.78 Å². The van der Waals surface area contributed by atoms with Crippen molar-refractivity contribution < 1.29 is 23.0 Å². The quantitative estimate of drug-likeness (QED) is 0.670. The first-order valence-electron chi connectivity index (χ1n) is 8.20. The van der Waals surface area contributed by atoms with E-state index in [0.717, 1.165) is 6.07 Å². The Bertz CT molecular complexity index is 1070. The van der Waals surface area contributed by atoms with Gasteiger partial charge in [0.15, 0.2) is 11.6 Å². The topological polar surface area (TPSA) is 80.4 Å². The zero-order valence-corrected chi connectivity index (χ0v) is 14.8. The molecule has 2 aromatic carbocycles. The number of carbonyl (C=O) groups is 1. The fraction of sp³-hybridized carbons (Fsp3) is 0.100. The lowest BCUT2D eigenvalue weighted by molar-refractivity contribution is 0.102. The summed E-state index contributed by atoms with van der Waals surface area (Å²) in [5, 5.41) is 2.55. The van der Waals surface area contributed by atoms with Crippen LogP contribution in [0, 0.1) is 5.82 Å². The SMILES string of the molecule is COc1ccc(Oc2cc(CF)ccc2C(=O)Nc2cc[nH]c(=O)c2)c(F)c1. The van der Waals surface area contributed by atoms with Gasteiger partial charge in [0.1, 0.15) is 18.2 Å². The van der Waals surface area contributed by atoms with Gasteiger partial charge in [-0.1, -0.05) is 6.07 Å². The molecule has 0 atom stereocenters. The van der Waals surface area contributed by atoms with Gasteiger partial charge in [-0.2, -0.15) is 0 Å². The second-order valence-corrected chi connectivity index (χ2v) is 5.76. The van der Waals surface area contributed by atoms with Crippen molar-refractivity contribution in [3.8, 4) is 17.2 Å². The summed E-state index contributed by atoms with van der Waals surface area (Å²) in [7, 11) is 1.40. The lowest BCUT2D eigenvalue weighted by Gasteiger charge is -2.13. The molecule has 2 N–H and O–H groups in total. The summed E-state index contributed by atoms with van der Waals surface area (Å²) in [6, 6.07) is 10.8. The molecular formula is C20H16F2N2O4. The van der Waals surface area contributed by atoms with E-state index in [1.54, 1.807) is 0 Å². The molecule has 0 unspecified atom stereocenters. The van der Waals surface area contributed by atoms with Gasteiger partial charge in [0.25, 0.3) is 5.91 Å². The van der Waals surface area contributed by atoms with Gasteiger partial charge in [-0.15, -0.1) is 0 Å². The molecule has 0 aliphatic rings.